The van der Waals surface area contributed by atoms with Gasteiger partial charge < -0.3 is 9.88 Å². The first-order valence-electron chi connectivity index (χ1n) is 10.3. The van der Waals surface area contributed by atoms with Gasteiger partial charge in [-0.25, -0.2) is 0 Å². The molecular weight excluding hydrogens is 402 g/mol. The number of aryl methyl sites for hydroxylation is 3. The second-order valence-corrected chi connectivity index (χ2v) is 8.01. The van der Waals surface area contributed by atoms with E-state index in [9.17, 15) is 14.4 Å². The highest BCUT2D eigenvalue weighted by Crippen LogP contribution is 2.18. The van der Waals surface area contributed by atoms with E-state index in [-0.39, 0.29) is 23.4 Å². The molecule has 0 aliphatic heterocycles. The molecule has 2 aromatic carbocycles. The lowest BCUT2D eigenvalue weighted by Gasteiger charge is -2.14. The van der Waals surface area contributed by atoms with Crippen molar-refractivity contribution in [1.82, 2.24) is 9.55 Å². The van der Waals surface area contributed by atoms with Gasteiger partial charge in [-0.05, 0) is 68.3 Å². The van der Waals surface area contributed by atoms with E-state index in [2.05, 4.69) is 10.3 Å². The Bertz CT molecular complexity index is 1390. The molecule has 6 nitrogen and oxygen atoms in total. The summed E-state index contributed by atoms with van der Waals surface area (Å²) in [6.45, 7) is 5.78. The van der Waals surface area contributed by atoms with E-state index in [1.807, 2.05) is 45.0 Å². The molecule has 2 aromatic heterocycles. The van der Waals surface area contributed by atoms with Crippen LogP contribution in [0.2, 0.25) is 0 Å². The molecule has 160 valence electrons. The molecule has 0 unspecified atom stereocenters. The maximum Gasteiger partial charge on any atom is 0.244 e. The Morgan fingerprint density at radius 1 is 0.906 bits per heavy atom. The normalized spacial score (nSPS) is 10.8. The Morgan fingerprint density at radius 3 is 2.28 bits per heavy atom. The van der Waals surface area contributed by atoms with Crippen LogP contribution in [0.4, 0.5) is 5.69 Å². The lowest BCUT2D eigenvalue weighted by atomic mass is 10.0. The van der Waals surface area contributed by atoms with Gasteiger partial charge in [0.2, 0.25) is 11.3 Å². The number of benzene rings is 2. The van der Waals surface area contributed by atoms with Crippen molar-refractivity contribution < 1.29 is 9.59 Å². The minimum atomic E-state index is -0.399. The summed E-state index contributed by atoms with van der Waals surface area (Å²) in [4.78, 5) is 43.0. The summed E-state index contributed by atoms with van der Waals surface area (Å²) >= 11 is 0. The van der Waals surface area contributed by atoms with Crippen molar-refractivity contribution in [1.29, 1.82) is 0 Å². The Labute approximate surface area is 185 Å². The summed E-state index contributed by atoms with van der Waals surface area (Å²) in [5.74, 6) is -0.646. The first-order valence-corrected chi connectivity index (χ1v) is 10.3. The molecule has 0 radical (unpaired) electrons. The van der Waals surface area contributed by atoms with Gasteiger partial charge in [-0.3, -0.25) is 19.4 Å². The first kappa shape index (κ1) is 21.2. The van der Waals surface area contributed by atoms with Gasteiger partial charge in [0.05, 0.1) is 11.1 Å². The van der Waals surface area contributed by atoms with Gasteiger partial charge in [0.25, 0.3) is 0 Å². The summed E-state index contributed by atoms with van der Waals surface area (Å²) in [6, 6.07) is 14.4. The molecule has 0 saturated carbocycles. The highest BCUT2D eigenvalue weighted by molar-refractivity contribution is 6.10. The van der Waals surface area contributed by atoms with Crippen LogP contribution in [0.25, 0.3) is 10.9 Å². The number of hydrogen-bond acceptors (Lipinski definition) is 4. The van der Waals surface area contributed by atoms with Gasteiger partial charge in [0, 0.05) is 35.2 Å². The van der Waals surface area contributed by atoms with E-state index in [0.29, 0.717) is 22.2 Å². The molecule has 4 rings (SSSR count). The van der Waals surface area contributed by atoms with Crippen LogP contribution in [0.15, 0.2) is 71.9 Å². The third-order valence-electron chi connectivity index (χ3n) is 5.24. The molecule has 1 N–H and O–H groups in total. The fourth-order valence-electron chi connectivity index (χ4n) is 3.86. The third-order valence-corrected chi connectivity index (χ3v) is 5.24. The third kappa shape index (κ3) is 4.34. The lowest BCUT2D eigenvalue weighted by molar-refractivity contribution is -0.116. The number of hydrogen-bond donors (Lipinski definition) is 1. The molecule has 0 spiro atoms. The molecule has 1 amide bonds. The number of nitrogens with one attached hydrogen (secondary N) is 1. The molecule has 0 aliphatic rings. The lowest BCUT2D eigenvalue weighted by Crippen LogP contribution is -2.24. The van der Waals surface area contributed by atoms with Crippen molar-refractivity contribution >= 4 is 28.3 Å². The smallest absolute Gasteiger partial charge is 0.244 e. The second kappa shape index (κ2) is 8.59. The molecule has 0 aliphatic carbocycles. The fourth-order valence-corrected chi connectivity index (χ4v) is 3.86. The van der Waals surface area contributed by atoms with Crippen molar-refractivity contribution in [2.45, 2.75) is 27.3 Å². The van der Waals surface area contributed by atoms with E-state index in [1.54, 1.807) is 28.8 Å². The highest BCUT2D eigenvalue weighted by atomic mass is 16.2. The number of pyridine rings is 2. The monoisotopic (exact) mass is 425 g/mol. The number of amides is 1. The zero-order chi connectivity index (χ0) is 22.8. The molecule has 4 aromatic rings. The standard InChI is InChI=1S/C26H23N3O3/c1-16-4-5-23-21(13-16)26(32)22(25(31)19-6-8-27-9-7-19)14-29(23)15-24(30)28-20-11-17(2)10-18(3)12-20/h4-14H,15H2,1-3H3,(H,28,30). The van der Waals surface area contributed by atoms with Crippen molar-refractivity contribution in [2.24, 2.45) is 0 Å². The van der Waals surface area contributed by atoms with Crippen LogP contribution >= 0.6 is 0 Å². The Morgan fingerprint density at radius 2 is 1.59 bits per heavy atom. The summed E-state index contributed by atoms with van der Waals surface area (Å²) in [5.41, 5.74) is 4.35. The molecular formula is C26H23N3O3. The largest absolute Gasteiger partial charge is 0.337 e. The van der Waals surface area contributed by atoms with Crippen LogP contribution in [-0.2, 0) is 11.3 Å². The fraction of sp³-hybridized carbons (Fsp3) is 0.154. The second-order valence-electron chi connectivity index (χ2n) is 8.01. The first-order chi connectivity index (χ1) is 15.3. The molecule has 0 fully saturated rings. The number of carbonyl (C=O) groups excluding carboxylic acids is 2. The molecule has 2 heterocycles. The summed E-state index contributed by atoms with van der Waals surface area (Å²) in [7, 11) is 0. The molecule has 32 heavy (non-hydrogen) atoms. The van der Waals surface area contributed by atoms with Gasteiger partial charge >= 0.3 is 0 Å². The SMILES string of the molecule is Cc1cc(C)cc(NC(=O)Cn2cc(C(=O)c3ccncc3)c(=O)c3cc(C)ccc32)c1. The zero-order valence-corrected chi connectivity index (χ0v) is 18.2. The summed E-state index contributed by atoms with van der Waals surface area (Å²) < 4.78 is 1.66. The van der Waals surface area contributed by atoms with Crippen LogP contribution in [0.1, 0.15) is 32.6 Å². The molecule has 0 saturated heterocycles. The quantitative estimate of drug-likeness (QED) is 0.486. The van der Waals surface area contributed by atoms with Crippen LogP contribution < -0.4 is 10.7 Å². The van der Waals surface area contributed by atoms with Gasteiger partial charge in [-0.2, -0.15) is 0 Å². The van der Waals surface area contributed by atoms with Crippen molar-refractivity contribution in [3.05, 3.63) is 105 Å². The number of carbonyl (C=O) groups is 2. The predicted molar refractivity (Wildman–Crippen MR) is 125 cm³/mol. The summed E-state index contributed by atoms with van der Waals surface area (Å²) in [5, 5.41) is 3.32. The van der Waals surface area contributed by atoms with Crippen LogP contribution in [0.5, 0.6) is 0 Å². The minimum absolute atomic E-state index is 0.0218. The molecule has 6 heteroatoms. The van der Waals surface area contributed by atoms with Gasteiger partial charge in [0.15, 0.2) is 5.78 Å². The number of fused-ring (bicyclic) bond motifs is 1. The van der Waals surface area contributed by atoms with Crippen molar-refractivity contribution in [3.63, 3.8) is 0 Å². The van der Waals surface area contributed by atoms with E-state index in [4.69, 9.17) is 0 Å². The minimum Gasteiger partial charge on any atom is -0.337 e. The van der Waals surface area contributed by atoms with Gasteiger partial charge in [0.1, 0.15) is 6.54 Å². The Kier molecular flexibility index (Phi) is 5.69. The maximum atomic E-state index is 13.1. The van der Waals surface area contributed by atoms with Crippen molar-refractivity contribution in [2.75, 3.05) is 5.32 Å². The average Bonchev–Trinajstić information content (AvgIpc) is 2.75. The number of aromatic nitrogens is 2. The predicted octanol–water partition coefficient (Wildman–Crippen LogP) is 4.19. The molecule has 0 bridgehead atoms. The van der Waals surface area contributed by atoms with Gasteiger partial charge in [-0.1, -0.05) is 17.7 Å². The van der Waals surface area contributed by atoms with Crippen molar-refractivity contribution in [3.8, 4) is 0 Å². The summed E-state index contributed by atoms with van der Waals surface area (Å²) in [6.07, 6.45) is 4.49. The Balaban J connectivity index is 1.76. The topological polar surface area (TPSA) is 81.1 Å². The maximum absolute atomic E-state index is 13.1. The van der Waals surface area contributed by atoms with Crippen LogP contribution in [0.3, 0.4) is 0 Å². The van der Waals surface area contributed by atoms with Crippen LogP contribution in [0, 0.1) is 20.8 Å². The van der Waals surface area contributed by atoms with Gasteiger partial charge in [-0.15, -0.1) is 0 Å². The average molecular weight is 425 g/mol. The van der Waals surface area contributed by atoms with E-state index < -0.39 is 5.78 Å². The number of anilines is 1. The van der Waals surface area contributed by atoms with E-state index in [1.165, 1.54) is 18.6 Å². The van der Waals surface area contributed by atoms with E-state index in [0.717, 1.165) is 16.7 Å². The van der Waals surface area contributed by atoms with Crippen LogP contribution in [-0.4, -0.2) is 21.2 Å². The van der Waals surface area contributed by atoms with E-state index >= 15 is 0 Å². The number of ketones is 1. The highest BCUT2D eigenvalue weighted by Gasteiger charge is 2.18. The number of nitrogens with zero attached hydrogens (tertiary/aromatic N) is 2. The molecule has 0 atom stereocenters. The zero-order valence-electron chi connectivity index (χ0n) is 18.2. The number of rotatable bonds is 5. The Hall–Kier alpha value is -4.06.